The number of rotatable bonds is 1. The number of nitrogens with one attached hydrogen (secondary N) is 2. The van der Waals surface area contributed by atoms with Gasteiger partial charge in [-0.05, 0) is 19.1 Å². The van der Waals surface area contributed by atoms with E-state index in [0.29, 0.717) is 26.8 Å². The van der Waals surface area contributed by atoms with E-state index in [1.165, 1.54) is 10.7 Å². The van der Waals surface area contributed by atoms with Crippen LogP contribution in [0.15, 0.2) is 21.7 Å². The highest BCUT2D eigenvalue weighted by Crippen LogP contribution is 2.26. The average Bonchev–Trinajstić information content (AvgIpc) is 2.65. The largest absolute Gasteiger partial charge is 0.319 e. The van der Waals surface area contributed by atoms with E-state index in [1.807, 2.05) is 0 Å². The lowest BCUT2D eigenvalue weighted by molar-refractivity contribution is 0.731. The SMILES string of the molecule is Cc1[nH]n(C)c(=O)c1-c1nc2cc(Cl)c(Cl)cc2[nH]c1=O. The van der Waals surface area contributed by atoms with Gasteiger partial charge in [0.25, 0.3) is 11.1 Å². The standard InChI is InChI=1S/C13H10Cl2N4O2/c1-5-10(13(21)19(2)18-5)11-12(20)17-9-4-7(15)6(14)3-8(9)16-11/h3-4,18H,1-2H3,(H,17,20). The summed E-state index contributed by atoms with van der Waals surface area (Å²) in [7, 11) is 1.57. The molecule has 2 N–H and O–H groups in total. The predicted octanol–water partition coefficient (Wildman–Crippen LogP) is 2.23. The highest BCUT2D eigenvalue weighted by molar-refractivity contribution is 6.42. The molecule has 0 fully saturated rings. The number of halogens is 2. The molecule has 0 spiro atoms. The lowest BCUT2D eigenvalue weighted by Crippen LogP contribution is -2.19. The van der Waals surface area contributed by atoms with Crippen LogP contribution in [0.3, 0.4) is 0 Å². The molecule has 0 aliphatic heterocycles. The number of benzene rings is 1. The first-order valence-corrected chi connectivity index (χ1v) is 6.79. The summed E-state index contributed by atoms with van der Waals surface area (Å²) in [5.74, 6) is 0. The van der Waals surface area contributed by atoms with Crippen molar-refractivity contribution in [3.05, 3.63) is 48.6 Å². The monoisotopic (exact) mass is 324 g/mol. The molecule has 8 heteroatoms. The fourth-order valence-corrected chi connectivity index (χ4v) is 2.54. The van der Waals surface area contributed by atoms with Crippen molar-refractivity contribution in [3.63, 3.8) is 0 Å². The number of H-pyrrole nitrogens is 2. The van der Waals surface area contributed by atoms with Crippen LogP contribution in [0.25, 0.3) is 22.3 Å². The summed E-state index contributed by atoms with van der Waals surface area (Å²) >= 11 is 11.9. The van der Waals surface area contributed by atoms with E-state index in [9.17, 15) is 9.59 Å². The summed E-state index contributed by atoms with van der Waals surface area (Å²) in [6, 6.07) is 3.07. The molecule has 3 aromatic rings. The van der Waals surface area contributed by atoms with Crippen LogP contribution in [0.2, 0.25) is 10.0 Å². The van der Waals surface area contributed by atoms with Crippen LogP contribution in [0, 0.1) is 6.92 Å². The Bertz CT molecular complexity index is 984. The second-order valence-electron chi connectivity index (χ2n) is 4.67. The fourth-order valence-electron chi connectivity index (χ4n) is 2.22. The van der Waals surface area contributed by atoms with E-state index in [1.54, 1.807) is 20.0 Å². The third-order valence-electron chi connectivity index (χ3n) is 3.20. The first-order valence-electron chi connectivity index (χ1n) is 6.03. The topological polar surface area (TPSA) is 83.5 Å². The van der Waals surface area contributed by atoms with Crippen LogP contribution < -0.4 is 11.1 Å². The molecule has 0 radical (unpaired) electrons. The molecular formula is C13H10Cl2N4O2. The minimum absolute atomic E-state index is 0.0558. The maximum Gasteiger partial charge on any atom is 0.276 e. The van der Waals surface area contributed by atoms with Crippen molar-refractivity contribution in [2.75, 3.05) is 0 Å². The Morgan fingerprint density at radius 2 is 1.86 bits per heavy atom. The van der Waals surface area contributed by atoms with Gasteiger partial charge < -0.3 is 4.98 Å². The Morgan fingerprint density at radius 3 is 2.48 bits per heavy atom. The van der Waals surface area contributed by atoms with Crippen molar-refractivity contribution < 1.29 is 0 Å². The molecule has 2 aromatic heterocycles. The van der Waals surface area contributed by atoms with Crippen molar-refractivity contribution in [1.82, 2.24) is 19.7 Å². The number of aryl methyl sites for hydroxylation is 2. The molecule has 0 aliphatic rings. The van der Waals surface area contributed by atoms with Crippen LogP contribution in [0.4, 0.5) is 0 Å². The third kappa shape index (κ3) is 2.16. The molecule has 0 atom stereocenters. The zero-order valence-electron chi connectivity index (χ0n) is 11.1. The molecule has 0 saturated carbocycles. The van der Waals surface area contributed by atoms with Gasteiger partial charge in [-0.2, -0.15) is 0 Å². The third-order valence-corrected chi connectivity index (χ3v) is 3.92. The minimum atomic E-state index is -0.458. The molecule has 0 aliphatic carbocycles. The molecule has 3 rings (SSSR count). The number of hydrogen-bond acceptors (Lipinski definition) is 3. The molecule has 1 aromatic carbocycles. The number of nitrogens with zero attached hydrogens (tertiary/aromatic N) is 2. The maximum atomic E-state index is 12.2. The van der Waals surface area contributed by atoms with E-state index in [2.05, 4.69) is 15.1 Å². The first kappa shape index (κ1) is 13.9. The first-order chi connectivity index (χ1) is 9.88. The van der Waals surface area contributed by atoms with E-state index in [4.69, 9.17) is 23.2 Å². The Kier molecular flexibility index (Phi) is 3.15. The van der Waals surface area contributed by atoms with Crippen LogP contribution in [-0.4, -0.2) is 19.7 Å². The molecule has 0 unspecified atom stereocenters. The Hall–Kier alpha value is -2.05. The van der Waals surface area contributed by atoms with Gasteiger partial charge in [0.1, 0.15) is 5.69 Å². The van der Waals surface area contributed by atoms with Gasteiger partial charge in [0.2, 0.25) is 0 Å². The predicted molar refractivity (Wildman–Crippen MR) is 82.1 cm³/mol. The lowest BCUT2D eigenvalue weighted by Gasteiger charge is -2.03. The van der Waals surface area contributed by atoms with Gasteiger partial charge in [0.05, 0.1) is 26.6 Å². The molecular weight excluding hydrogens is 315 g/mol. The smallest absolute Gasteiger partial charge is 0.276 e. The Morgan fingerprint density at radius 1 is 1.19 bits per heavy atom. The van der Waals surface area contributed by atoms with Gasteiger partial charge in [-0.25, -0.2) is 4.98 Å². The van der Waals surface area contributed by atoms with Crippen molar-refractivity contribution in [1.29, 1.82) is 0 Å². The molecule has 6 nitrogen and oxygen atoms in total. The molecule has 0 amide bonds. The van der Waals surface area contributed by atoms with Gasteiger partial charge in [0.15, 0.2) is 0 Å². The van der Waals surface area contributed by atoms with E-state index >= 15 is 0 Å². The van der Waals surface area contributed by atoms with Gasteiger partial charge >= 0.3 is 0 Å². The van der Waals surface area contributed by atoms with Crippen LogP contribution in [-0.2, 0) is 7.05 Å². The van der Waals surface area contributed by atoms with Gasteiger partial charge in [0, 0.05) is 12.7 Å². The van der Waals surface area contributed by atoms with Gasteiger partial charge in [-0.1, -0.05) is 23.2 Å². The summed E-state index contributed by atoms with van der Waals surface area (Å²) in [5, 5.41) is 3.48. The second-order valence-corrected chi connectivity index (χ2v) is 5.49. The molecule has 0 bridgehead atoms. The van der Waals surface area contributed by atoms with Gasteiger partial charge in [-0.3, -0.25) is 19.4 Å². The van der Waals surface area contributed by atoms with E-state index in [0.717, 1.165) is 0 Å². The minimum Gasteiger partial charge on any atom is -0.319 e. The van der Waals surface area contributed by atoms with Crippen molar-refractivity contribution in [3.8, 4) is 11.3 Å². The summed E-state index contributed by atoms with van der Waals surface area (Å²) in [6.07, 6.45) is 0. The highest BCUT2D eigenvalue weighted by Gasteiger charge is 2.17. The summed E-state index contributed by atoms with van der Waals surface area (Å²) in [5.41, 5.74) is 1.02. The molecule has 108 valence electrons. The molecule has 2 heterocycles. The van der Waals surface area contributed by atoms with E-state index < -0.39 is 5.56 Å². The highest BCUT2D eigenvalue weighted by atomic mass is 35.5. The molecule has 0 saturated heterocycles. The number of aromatic amines is 2. The molecule has 21 heavy (non-hydrogen) atoms. The lowest BCUT2D eigenvalue weighted by atomic mass is 10.2. The average molecular weight is 325 g/mol. The zero-order chi connectivity index (χ0) is 15.3. The Balaban J connectivity index is 2.39. The van der Waals surface area contributed by atoms with E-state index in [-0.39, 0.29) is 16.8 Å². The summed E-state index contributed by atoms with van der Waals surface area (Å²) < 4.78 is 1.30. The van der Waals surface area contributed by atoms with Gasteiger partial charge in [-0.15, -0.1) is 0 Å². The van der Waals surface area contributed by atoms with Crippen LogP contribution in [0.5, 0.6) is 0 Å². The maximum absolute atomic E-state index is 12.2. The number of aromatic nitrogens is 4. The zero-order valence-corrected chi connectivity index (χ0v) is 12.6. The van der Waals surface area contributed by atoms with Crippen LogP contribution >= 0.6 is 23.2 Å². The van der Waals surface area contributed by atoms with Crippen LogP contribution in [0.1, 0.15) is 5.69 Å². The van der Waals surface area contributed by atoms with Crippen molar-refractivity contribution in [2.24, 2.45) is 7.05 Å². The van der Waals surface area contributed by atoms with Crippen molar-refractivity contribution >= 4 is 34.2 Å². The normalized spacial score (nSPS) is 11.2. The fraction of sp³-hybridized carbons (Fsp3) is 0.154. The number of fused-ring (bicyclic) bond motifs is 1. The quantitative estimate of drug-likeness (QED) is 0.720. The Labute approximate surface area is 128 Å². The number of hydrogen-bond donors (Lipinski definition) is 2. The summed E-state index contributed by atoms with van der Waals surface area (Å²) in [6.45, 7) is 1.71. The second kappa shape index (κ2) is 4.75. The van der Waals surface area contributed by atoms with Crippen molar-refractivity contribution in [2.45, 2.75) is 6.92 Å². The summed E-state index contributed by atoms with van der Waals surface area (Å²) in [4.78, 5) is 31.2.